The number of aryl methyl sites for hydroxylation is 1. The number of nitrogens with two attached hydrogens (primary N) is 2. The first-order valence-corrected chi connectivity index (χ1v) is 4.12. The number of methoxy groups -OCH3 is 1. The second-order valence-corrected chi connectivity index (χ2v) is 2.90. The fraction of sp³-hybridized carbons (Fsp3) is 0.444. The van der Waals surface area contributed by atoms with Crippen molar-refractivity contribution < 1.29 is 21.7 Å². The third-order valence-corrected chi connectivity index (χ3v) is 2.03. The predicted octanol–water partition coefficient (Wildman–Crippen LogP) is -2.42. The van der Waals surface area contributed by atoms with E-state index in [1.165, 1.54) is 0 Å². The van der Waals surface area contributed by atoms with Crippen LogP contribution in [0.1, 0.15) is 16.8 Å². The molecule has 1 aromatic heterocycles. The highest BCUT2D eigenvalue weighted by atomic mass is 79.9. The zero-order valence-electron chi connectivity index (χ0n) is 8.38. The van der Waals surface area contributed by atoms with Crippen molar-refractivity contribution in [2.45, 2.75) is 20.1 Å². The summed E-state index contributed by atoms with van der Waals surface area (Å²) in [5.74, 6) is 0. The van der Waals surface area contributed by atoms with Crippen LogP contribution in [-0.4, -0.2) is 12.1 Å². The third kappa shape index (κ3) is 2.67. The molecule has 0 atom stereocenters. The fourth-order valence-electron chi connectivity index (χ4n) is 1.20. The van der Waals surface area contributed by atoms with Crippen molar-refractivity contribution in [2.24, 2.45) is 5.73 Å². The molecule has 0 amide bonds. The quantitative estimate of drug-likeness (QED) is 0.635. The maximum Gasteiger partial charge on any atom is 0.0737 e. The van der Waals surface area contributed by atoms with Gasteiger partial charge in [0.1, 0.15) is 0 Å². The molecule has 0 radical (unpaired) electrons. The van der Waals surface area contributed by atoms with Crippen molar-refractivity contribution >= 4 is 5.69 Å². The van der Waals surface area contributed by atoms with Crippen LogP contribution >= 0.6 is 0 Å². The molecule has 0 aliphatic carbocycles. The van der Waals surface area contributed by atoms with E-state index in [0.29, 0.717) is 18.8 Å². The lowest BCUT2D eigenvalue weighted by atomic mass is 10.1. The summed E-state index contributed by atoms with van der Waals surface area (Å²) in [7, 11) is 1.63. The molecule has 0 spiro atoms. The molecule has 0 bridgehead atoms. The topological polar surface area (TPSA) is 74.2 Å². The van der Waals surface area contributed by atoms with Crippen LogP contribution in [0.15, 0.2) is 6.20 Å². The maximum atomic E-state index is 5.85. The van der Waals surface area contributed by atoms with Crippen molar-refractivity contribution in [3.05, 3.63) is 23.0 Å². The molecule has 0 saturated carbocycles. The highest BCUT2D eigenvalue weighted by Crippen LogP contribution is 2.19. The van der Waals surface area contributed by atoms with Gasteiger partial charge in [0.05, 0.1) is 18.0 Å². The van der Waals surface area contributed by atoms with Crippen molar-refractivity contribution in [2.75, 3.05) is 12.8 Å². The molecule has 5 heteroatoms. The summed E-state index contributed by atoms with van der Waals surface area (Å²) in [6.07, 6.45) is 1.75. The Balaban J connectivity index is 0.00000169. The number of aromatic nitrogens is 1. The van der Waals surface area contributed by atoms with Crippen LogP contribution in [-0.2, 0) is 17.9 Å². The van der Waals surface area contributed by atoms with E-state index in [2.05, 4.69) is 4.98 Å². The van der Waals surface area contributed by atoms with Gasteiger partial charge in [-0.05, 0) is 12.5 Å². The largest absolute Gasteiger partial charge is 1.00 e. The zero-order valence-corrected chi connectivity index (χ0v) is 9.97. The molecule has 0 unspecified atom stereocenters. The Hall–Kier alpha value is -0.650. The van der Waals surface area contributed by atoms with E-state index in [9.17, 15) is 0 Å². The van der Waals surface area contributed by atoms with Crippen LogP contribution in [0.25, 0.3) is 0 Å². The highest BCUT2D eigenvalue weighted by Gasteiger charge is 2.07. The first kappa shape index (κ1) is 13.4. The van der Waals surface area contributed by atoms with Gasteiger partial charge in [0.25, 0.3) is 0 Å². The van der Waals surface area contributed by atoms with Crippen LogP contribution in [0.2, 0.25) is 0 Å². The van der Waals surface area contributed by atoms with Gasteiger partial charge in [-0.1, -0.05) is 0 Å². The van der Waals surface area contributed by atoms with E-state index in [4.69, 9.17) is 16.2 Å². The van der Waals surface area contributed by atoms with E-state index >= 15 is 0 Å². The van der Waals surface area contributed by atoms with Gasteiger partial charge in [0.15, 0.2) is 0 Å². The van der Waals surface area contributed by atoms with Crippen LogP contribution in [0.4, 0.5) is 5.69 Å². The Morgan fingerprint density at radius 1 is 1.50 bits per heavy atom. The summed E-state index contributed by atoms with van der Waals surface area (Å²) >= 11 is 0. The zero-order chi connectivity index (χ0) is 9.84. The van der Waals surface area contributed by atoms with Crippen LogP contribution in [0.5, 0.6) is 0 Å². The van der Waals surface area contributed by atoms with Crippen molar-refractivity contribution in [3.63, 3.8) is 0 Å². The van der Waals surface area contributed by atoms with E-state index in [0.717, 1.165) is 16.8 Å². The molecule has 0 fully saturated rings. The standard InChI is InChI=1S/C9H15N3O.BrH/c1-6-9(11)8(5-13-2)7(3-10)4-12-6;/h4H,3,5,10-11H2,1-2H3;1H/p-1. The lowest BCUT2D eigenvalue weighted by Gasteiger charge is -2.11. The van der Waals surface area contributed by atoms with Crippen LogP contribution in [0, 0.1) is 6.92 Å². The minimum Gasteiger partial charge on any atom is -1.00 e. The molecule has 80 valence electrons. The van der Waals surface area contributed by atoms with Crippen molar-refractivity contribution in [1.29, 1.82) is 0 Å². The van der Waals surface area contributed by atoms with E-state index in [-0.39, 0.29) is 17.0 Å². The van der Waals surface area contributed by atoms with Gasteiger partial charge in [-0.15, -0.1) is 0 Å². The van der Waals surface area contributed by atoms with Gasteiger partial charge >= 0.3 is 0 Å². The normalized spacial score (nSPS) is 9.64. The number of pyridine rings is 1. The second kappa shape index (κ2) is 5.95. The van der Waals surface area contributed by atoms with Gasteiger partial charge in [0, 0.05) is 25.4 Å². The molecule has 1 heterocycles. The smallest absolute Gasteiger partial charge is 0.0737 e. The summed E-state index contributed by atoms with van der Waals surface area (Å²) in [5, 5.41) is 0. The number of hydrogen-bond acceptors (Lipinski definition) is 4. The first-order valence-electron chi connectivity index (χ1n) is 4.12. The summed E-state index contributed by atoms with van der Waals surface area (Å²) in [6, 6.07) is 0. The van der Waals surface area contributed by atoms with E-state index in [1.54, 1.807) is 13.3 Å². The maximum absolute atomic E-state index is 5.85. The minimum atomic E-state index is 0. The lowest BCUT2D eigenvalue weighted by molar-refractivity contribution is -0.00000326. The number of nitrogens with zero attached hydrogens (tertiary/aromatic N) is 1. The SMILES string of the molecule is COCc1c(CN)cnc(C)c1N.[Br-]. The predicted molar refractivity (Wildman–Crippen MR) is 52.0 cm³/mol. The van der Waals surface area contributed by atoms with Crippen LogP contribution < -0.4 is 28.4 Å². The Morgan fingerprint density at radius 2 is 2.14 bits per heavy atom. The van der Waals surface area contributed by atoms with E-state index in [1.807, 2.05) is 6.92 Å². The molecule has 1 rings (SSSR count). The van der Waals surface area contributed by atoms with Gasteiger partial charge < -0.3 is 33.2 Å². The fourth-order valence-corrected chi connectivity index (χ4v) is 1.20. The molecule has 0 saturated heterocycles. The van der Waals surface area contributed by atoms with Gasteiger partial charge in [0.2, 0.25) is 0 Å². The average Bonchev–Trinajstić information content (AvgIpc) is 2.14. The molecule has 0 aliphatic rings. The molecule has 4 N–H and O–H groups in total. The Kier molecular flexibility index (Phi) is 5.68. The van der Waals surface area contributed by atoms with Gasteiger partial charge in [-0.3, -0.25) is 4.98 Å². The first-order chi connectivity index (χ1) is 6.20. The molecule has 1 aromatic rings. The van der Waals surface area contributed by atoms with Crippen molar-refractivity contribution in [1.82, 2.24) is 4.98 Å². The third-order valence-electron chi connectivity index (χ3n) is 2.03. The second-order valence-electron chi connectivity index (χ2n) is 2.90. The summed E-state index contributed by atoms with van der Waals surface area (Å²) in [5.41, 5.74) is 14.8. The number of anilines is 1. The Bertz CT molecular complexity index is 304. The summed E-state index contributed by atoms with van der Waals surface area (Å²) in [6.45, 7) is 2.80. The monoisotopic (exact) mass is 260 g/mol. The molecule has 0 aliphatic heterocycles. The highest BCUT2D eigenvalue weighted by molar-refractivity contribution is 5.53. The average molecular weight is 261 g/mol. The number of nitrogen functional groups attached to an aromatic ring is 1. The Labute approximate surface area is 94.4 Å². The molecule has 0 aromatic carbocycles. The number of rotatable bonds is 3. The van der Waals surface area contributed by atoms with Gasteiger partial charge in [-0.25, -0.2) is 0 Å². The summed E-state index contributed by atoms with van der Waals surface area (Å²) in [4.78, 5) is 4.13. The molecule has 4 nitrogen and oxygen atoms in total. The van der Waals surface area contributed by atoms with Crippen molar-refractivity contribution in [3.8, 4) is 0 Å². The number of ether oxygens (including phenoxy) is 1. The molecular formula is C9H15BrN3O-. The van der Waals surface area contributed by atoms with Gasteiger partial charge in [-0.2, -0.15) is 0 Å². The minimum absolute atomic E-state index is 0. The molecular weight excluding hydrogens is 246 g/mol. The summed E-state index contributed by atoms with van der Waals surface area (Å²) < 4.78 is 5.04. The number of hydrogen-bond donors (Lipinski definition) is 2. The van der Waals surface area contributed by atoms with Crippen LogP contribution in [0.3, 0.4) is 0 Å². The number of halogens is 1. The molecule has 14 heavy (non-hydrogen) atoms. The van der Waals surface area contributed by atoms with E-state index < -0.39 is 0 Å². The Morgan fingerprint density at radius 3 is 2.64 bits per heavy atom. The lowest BCUT2D eigenvalue weighted by Crippen LogP contribution is -3.00.